The van der Waals surface area contributed by atoms with Crippen molar-refractivity contribution in [2.75, 3.05) is 5.75 Å². The van der Waals surface area contributed by atoms with Gasteiger partial charge in [0.25, 0.3) is 0 Å². The summed E-state index contributed by atoms with van der Waals surface area (Å²) >= 11 is 1.18. The maximum absolute atomic E-state index is 10.4. The average Bonchev–Trinajstić information content (AvgIpc) is 2.14. The summed E-state index contributed by atoms with van der Waals surface area (Å²) in [5, 5.41) is 0. The van der Waals surface area contributed by atoms with Crippen LogP contribution in [0.15, 0.2) is 24.5 Å². The molecule has 0 aromatic carbocycles. The van der Waals surface area contributed by atoms with Gasteiger partial charge in [-0.25, -0.2) is 0 Å². The quantitative estimate of drug-likeness (QED) is 0.545. The molecular weight excluding hydrogens is 186 g/mol. The number of aryl methyl sites for hydroxylation is 1. The monoisotopic (exact) mass is 197 g/mol. The van der Waals surface area contributed by atoms with Gasteiger partial charge in [-0.1, -0.05) is 6.07 Å². The molecule has 0 fully saturated rings. The number of carbonyl (C=O) groups is 1. The lowest BCUT2D eigenvalue weighted by atomic mass is 10.2. The predicted molar refractivity (Wildman–Crippen MR) is 52.2 cm³/mol. The maximum Gasteiger partial charge on any atom is 0.314 e. The van der Waals surface area contributed by atoms with Crippen molar-refractivity contribution < 1.29 is 8.98 Å². The molecule has 1 aromatic heterocycles. The lowest BCUT2D eigenvalue weighted by molar-refractivity contribution is -0.130. The highest BCUT2D eigenvalue weighted by atomic mass is 32.2. The van der Waals surface area contributed by atoms with Crippen molar-refractivity contribution in [2.24, 2.45) is 0 Å². The van der Waals surface area contributed by atoms with Gasteiger partial charge in [0.05, 0.1) is 12.0 Å². The van der Waals surface area contributed by atoms with Gasteiger partial charge in [-0.2, -0.15) is 0 Å². The van der Waals surface area contributed by atoms with Crippen LogP contribution in [0.25, 0.3) is 0 Å². The molecule has 0 radical (unpaired) electrons. The summed E-state index contributed by atoms with van der Waals surface area (Å²) in [4.78, 5) is 14.4. The topological polar surface area (TPSA) is 39.2 Å². The average molecular weight is 197 g/mol. The zero-order valence-corrected chi connectivity index (χ0v) is 8.21. The van der Waals surface area contributed by atoms with Crippen molar-refractivity contribution in [2.45, 2.75) is 13.3 Å². The van der Waals surface area contributed by atoms with Crippen LogP contribution in [0.2, 0.25) is 0 Å². The maximum atomic E-state index is 10.4. The Kier molecular flexibility index (Phi) is 4.32. The van der Waals surface area contributed by atoms with Crippen LogP contribution in [0.3, 0.4) is 0 Å². The predicted octanol–water partition coefficient (Wildman–Crippen LogP) is 1.84. The Balaban J connectivity index is 2.17. The first-order valence-corrected chi connectivity index (χ1v) is 4.89. The number of carbonyl (C=O) groups excluding carboxylic acids is 1. The Bertz CT molecular complexity index is 264. The number of hydrogen-bond acceptors (Lipinski definition) is 4. The molecule has 0 N–H and O–H groups in total. The summed E-state index contributed by atoms with van der Waals surface area (Å²) in [5.74, 6) is 0.516. The molecule has 0 unspecified atom stereocenters. The van der Waals surface area contributed by atoms with Crippen LogP contribution < -0.4 is 0 Å². The van der Waals surface area contributed by atoms with E-state index >= 15 is 0 Å². The van der Waals surface area contributed by atoms with E-state index in [0.717, 1.165) is 17.7 Å². The van der Waals surface area contributed by atoms with Crippen molar-refractivity contribution in [1.82, 2.24) is 4.98 Å². The minimum atomic E-state index is -0.254. The number of rotatable bonds is 4. The van der Waals surface area contributed by atoms with Crippen LogP contribution >= 0.6 is 12.0 Å². The molecule has 70 valence electrons. The van der Waals surface area contributed by atoms with E-state index < -0.39 is 0 Å². The van der Waals surface area contributed by atoms with Crippen molar-refractivity contribution in [1.29, 1.82) is 0 Å². The minimum Gasteiger partial charge on any atom is -0.392 e. The van der Waals surface area contributed by atoms with Crippen molar-refractivity contribution in [3.8, 4) is 0 Å². The fourth-order valence-corrected chi connectivity index (χ4v) is 1.40. The van der Waals surface area contributed by atoms with Crippen molar-refractivity contribution >= 4 is 18.0 Å². The molecule has 0 aliphatic heterocycles. The fourth-order valence-electron chi connectivity index (χ4n) is 0.830. The third-order valence-corrected chi connectivity index (χ3v) is 2.10. The molecule has 1 aromatic rings. The summed E-state index contributed by atoms with van der Waals surface area (Å²) in [7, 11) is 0. The Hall–Kier alpha value is -1.03. The van der Waals surface area contributed by atoms with E-state index in [1.165, 1.54) is 19.0 Å². The number of aromatic nitrogens is 1. The Morgan fingerprint density at radius 2 is 2.54 bits per heavy atom. The number of pyridine rings is 1. The molecule has 0 aliphatic rings. The van der Waals surface area contributed by atoms with Crippen LogP contribution in [0, 0.1) is 0 Å². The second-order valence-electron chi connectivity index (χ2n) is 2.51. The van der Waals surface area contributed by atoms with E-state index in [2.05, 4.69) is 4.98 Å². The van der Waals surface area contributed by atoms with Gasteiger partial charge in [0.15, 0.2) is 0 Å². The van der Waals surface area contributed by atoms with Gasteiger partial charge in [0.1, 0.15) is 0 Å². The molecule has 0 amide bonds. The van der Waals surface area contributed by atoms with Gasteiger partial charge in [-0.15, -0.1) is 0 Å². The van der Waals surface area contributed by atoms with Gasteiger partial charge >= 0.3 is 5.97 Å². The first-order valence-electron chi connectivity index (χ1n) is 3.98. The summed E-state index contributed by atoms with van der Waals surface area (Å²) < 4.78 is 4.72. The Morgan fingerprint density at radius 1 is 1.69 bits per heavy atom. The van der Waals surface area contributed by atoms with Crippen LogP contribution in [0.5, 0.6) is 0 Å². The number of nitrogens with zero attached hydrogens (tertiary/aromatic N) is 1. The largest absolute Gasteiger partial charge is 0.392 e. The summed E-state index contributed by atoms with van der Waals surface area (Å²) in [6.45, 7) is 1.40. The highest BCUT2D eigenvalue weighted by Crippen LogP contribution is 2.06. The van der Waals surface area contributed by atoms with Gasteiger partial charge < -0.3 is 4.18 Å². The summed E-state index contributed by atoms with van der Waals surface area (Å²) in [6.07, 6.45) is 4.42. The summed E-state index contributed by atoms with van der Waals surface area (Å²) in [5.41, 5.74) is 1.15. The van der Waals surface area contributed by atoms with E-state index in [1.54, 1.807) is 6.20 Å². The molecule has 1 heterocycles. The normalized spacial score (nSPS) is 9.62. The molecule has 1 rings (SSSR count). The minimum absolute atomic E-state index is 0.254. The molecule has 0 atom stereocenters. The SMILES string of the molecule is CC(=O)OSCCc1cccnc1. The second kappa shape index (κ2) is 5.59. The lowest BCUT2D eigenvalue weighted by Crippen LogP contribution is -1.94. The van der Waals surface area contributed by atoms with Crippen LogP contribution in [0.1, 0.15) is 12.5 Å². The summed E-state index contributed by atoms with van der Waals surface area (Å²) in [6, 6.07) is 3.90. The molecule has 0 saturated carbocycles. The van der Waals surface area contributed by atoms with Crippen molar-refractivity contribution in [3.05, 3.63) is 30.1 Å². The zero-order chi connectivity index (χ0) is 9.52. The highest BCUT2D eigenvalue weighted by molar-refractivity contribution is 7.95. The lowest BCUT2D eigenvalue weighted by Gasteiger charge is -1.99. The standard InChI is InChI=1S/C9H11NO2S/c1-8(11)12-13-6-4-9-3-2-5-10-7-9/h2-3,5,7H,4,6H2,1H3. The van der Waals surface area contributed by atoms with Crippen LogP contribution in [0.4, 0.5) is 0 Å². The van der Waals surface area contributed by atoms with Gasteiger partial charge in [0, 0.05) is 25.1 Å². The van der Waals surface area contributed by atoms with Gasteiger partial charge in [-0.3, -0.25) is 9.78 Å². The number of hydrogen-bond donors (Lipinski definition) is 0. The van der Waals surface area contributed by atoms with Crippen molar-refractivity contribution in [3.63, 3.8) is 0 Å². The van der Waals surface area contributed by atoms with E-state index in [-0.39, 0.29) is 5.97 Å². The third-order valence-electron chi connectivity index (χ3n) is 1.37. The molecule has 0 saturated heterocycles. The van der Waals surface area contributed by atoms with E-state index in [1.807, 2.05) is 18.3 Å². The molecule has 13 heavy (non-hydrogen) atoms. The first kappa shape index (κ1) is 10.1. The second-order valence-corrected chi connectivity index (χ2v) is 3.32. The van der Waals surface area contributed by atoms with Gasteiger partial charge in [0.2, 0.25) is 0 Å². The Labute approximate surface area is 81.7 Å². The fraction of sp³-hybridized carbons (Fsp3) is 0.333. The molecule has 0 spiro atoms. The van der Waals surface area contributed by atoms with E-state index in [4.69, 9.17) is 4.18 Å². The third kappa shape index (κ3) is 4.52. The zero-order valence-electron chi connectivity index (χ0n) is 7.40. The Morgan fingerprint density at radius 3 is 3.15 bits per heavy atom. The first-order chi connectivity index (χ1) is 6.29. The molecule has 4 heteroatoms. The highest BCUT2D eigenvalue weighted by Gasteiger charge is 1.96. The van der Waals surface area contributed by atoms with Crippen LogP contribution in [-0.4, -0.2) is 16.7 Å². The molecule has 0 bridgehead atoms. The molecule has 0 aliphatic carbocycles. The molecular formula is C9H11NO2S. The molecule has 3 nitrogen and oxygen atoms in total. The van der Waals surface area contributed by atoms with E-state index in [9.17, 15) is 4.79 Å². The smallest absolute Gasteiger partial charge is 0.314 e. The van der Waals surface area contributed by atoms with E-state index in [0.29, 0.717) is 0 Å². The van der Waals surface area contributed by atoms with Gasteiger partial charge in [-0.05, 0) is 18.1 Å². The van der Waals surface area contributed by atoms with Crippen LogP contribution in [-0.2, 0) is 15.4 Å².